The van der Waals surface area contributed by atoms with Gasteiger partial charge in [-0.1, -0.05) is 6.07 Å². The SMILES string of the molecule is CCOCCOCc1ccc(C(=O)O)cc1F. The van der Waals surface area contributed by atoms with E-state index in [-0.39, 0.29) is 12.2 Å². The standard InChI is InChI=1S/C12H15FO4/c1-2-16-5-6-17-8-10-4-3-9(12(14)15)7-11(10)13/h3-4,7H,2,5-6,8H2,1H3,(H,14,15). The largest absolute Gasteiger partial charge is 0.478 e. The van der Waals surface area contributed by atoms with Crippen molar-refractivity contribution in [3.8, 4) is 0 Å². The third-order valence-electron chi connectivity index (χ3n) is 2.13. The van der Waals surface area contributed by atoms with Crippen LogP contribution in [0.15, 0.2) is 18.2 Å². The maximum absolute atomic E-state index is 13.4. The van der Waals surface area contributed by atoms with E-state index in [1.54, 1.807) is 0 Å². The second-order valence-corrected chi connectivity index (χ2v) is 3.36. The predicted molar refractivity (Wildman–Crippen MR) is 59.5 cm³/mol. The summed E-state index contributed by atoms with van der Waals surface area (Å²) in [5.74, 6) is -1.71. The van der Waals surface area contributed by atoms with Crippen LogP contribution in [0.3, 0.4) is 0 Å². The predicted octanol–water partition coefficient (Wildman–Crippen LogP) is 2.08. The molecule has 0 saturated carbocycles. The minimum Gasteiger partial charge on any atom is -0.478 e. The molecule has 0 amide bonds. The van der Waals surface area contributed by atoms with E-state index in [2.05, 4.69) is 0 Å². The van der Waals surface area contributed by atoms with E-state index < -0.39 is 11.8 Å². The molecule has 0 fully saturated rings. The minimum absolute atomic E-state index is 0.0689. The van der Waals surface area contributed by atoms with Crippen molar-refractivity contribution in [3.63, 3.8) is 0 Å². The van der Waals surface area contributed by atoms with E-state index in [0.717, 1.165) is 6.07 Å². The molecule has 0 radical (unpaired) electrons. The van der Waals surface area contributed by atoms with Crippen molar-refractivity contribution in [1.82, 2.24) is 0 Å². The lowest BCUT2D eigenvalue weighted by atomic mass is 10.1. The summed E-state index contributed by atoms with van der Waals surface area (Å²) >= 11 is 0. The van der Waals surface area contributed by atoms with Gasteiger partial charge in [0.2, 0.25) is 0 Å². The Morgan fingerprint density at radius 1 is 1.35 bits per heavy atom. The van der Waals surface area contributed by atoms with Gasteiger partial charge < -0.3 is 14.6 Å². The molecule has 1 rings (SSSR count). The number of halogens is 1. The van der Waals surface area contributed by atoms with Crippen molar-refractivity contribution in [2.75, 3.05) is 19.8 Å². The summed E-state index contributed by atoms with van der Waals surface area (Å²) in [7, 11) is 0. The summed E-state index contributed by atoms with van der Waals surface area (Å²) in [5.41, 5.74) is 0.270. The van der Waals surface area contributed by atoms with Gasteiger partial charge in [-0.15, -0.1) is 0 Å². The molecular formula is C12H15FO4. The fourth-order valence-corrected chi connectivity index (χ4v) is 1.24. The molecule has 0 aromatic heterocycles. The number of rotatable bonds is 7. The van der Waals surface area contributed by atoms with Gasteiger partial charge in [-0.3, -0.25) is 0 Å². The first-order valence-electron chi connectivity index (χ1n) is 5.32. The van der Waals surface area contributed by atoms with Crippen molar-refractivity contribution in [2.45, 2.75) is 13.5 Å². The highest BCUT2D eigenvalue weighted by atomic mass is 19.1. The summed E-state index contributed by atoms with van der Waals surface area (Å²) < 4.78 is 23.7. The number of hydrogen-bond donors (Lipinski definition) is 1. The molecule has 0 aliphatic rings. The van der Waals surface area contributed by atoms with Gasteiger partial charge in [0.1, 0.15) is 5.82 Å². The van der Waals surface area contributed by atoms with Crippen LogP contribution in [-0.4, -0.2) is 30.9 Å². The van der Waals surface area contributed by atoms with Crippen LogP contribution in [0.2, 0.25) is 0 Å². The lowest BCUT2D eigenvalue weighted by Gasteiger charge is -2.06. The highest BCUT2D eigenvalue weighted by molar-refractivity contribution is 5.87. The monoisotopic (exact) mass is 242 g/mol. The van der Waals surface area contributed by atoms with Crippen LogP contribution >= 0.6 is 0 Å². The second-order valence-electron chi connectivity index (χ2n) is 3.36. The van der Waals surface area contributed by atoms with Crippen LogP contribution in [0.25, 0.3) is 0 Å². The molecule has 1 aromatic rings. The second kappa shape index (κ2) is 6.98. The minimum atomic E-state index is -1.15. The summed E-state index contributed by atoms with van der Waals surface area (Å²) in [4.78, 5) is 10.6. The van der Waals surface area contributed by atoms with E-state index in [4.69, 9.17) is 14.6 Å². The molecule has 0 unspecified atom stereocenters. The summed E-state index contributed by atoms with van der Waals surface area (Å²) in [6.45, 7) is 3.45. The molecule has 0 saturated heterocycles. The van der Waals surface area contributed by atoms with Crippen LogP contribution in [0, 0.1) is 5.82 Å². The van der Waals surface area contributed by atoms with Gasteiger partial charge in [0.05, 0.1) is 25.4 Å². The number of carboxylic acids is 1. The zero-order valence-corrected chi connectivity index (χ0v) is 9.61. The molecule has 1 aromatic carbocycles. The highest BCUT2D eigenvalue weighted by Gasteiger charge is 2.08. The molecule has 1 N–H and O–H groups in total. The van der Waals surface area contributed by atoms with Gasteiger partial charge in [0.25, 0.3) is 0 Å². The maximum atomic E-state index is 13.4. The zero-order chi connectivity index (χ0) is 12.7. The highest BCUT2D eigenvalue weighted by Crippen LogP contribution is 2.11. The average molecular weight is 242 g/mol. The van der Waals surface area contributed by atoms with Crippen molar-refractivity contribution in [2.24, 2.45) is 0 Å². The molecule has 17 heavy (non-hydrogen) atoms. The number of aromatic carboxylic acids is 1. The molecule has 0 aliphatic heterocycles. The fraction of sp³-hybridized carbons (Fsp3) is 0.417. The van der Waals surface area contributed by atoms with E-state index in [1.807, 2.05) is 6.92 Å². The van der Waals surface area contributed by atoms with Crippen LogP contribution in [0.5, 0.6) is 0 Å². The van der Waals surface area contributed by atoms with E-state index in [0.29, 0.717) is 25.4 Å². The molecule has 94 valence electrons. The Kier molecular flexibility index (Phi) is 5.59. The van der Waals surface area contributed by atoms with Crippen molar-refractivity contribution < 1.29 is 23.8 Å². The first kappa shape index (κ1) is 13.6. The van der Waals surface area contributed by atoms with E-state index >= 15 is 0 Å². The Labute approximate surface area is 99.0 Å². The van der Waals surface area contributed by atoms with Crippen LogP contribution in [0.4, 0.5) is 4.39 Å². The summed E-state index contributed by atoms with van der Waals surface area (Å²) in [5, 5.41) is 8.66. The van der Waals surface area contributed by atoms with Crippen molar-refractivity contribution >= 4 is 5.97 Å². The third kappa shape index (κ3) is 4.50. The van der Waals surface area contributed by atoms with Crippen LogP contribution in [-0.2, 0) is 16.1 Å². The Hall–Kier alpha value is -1.46. The lowest BCUT2D eigenvalue weighted by molar-refractivity contribution is 0.0443. The normalized spacial score (nSPS) is 10.5. The summed E-state index contributed by atoms with van der Waals surface area (Å²) in [6, 6.07) is 3.76. The number of carbonyl (C=O) groups is 1. The molecule has 4 nitrogen and oxygen atoms in total. The van der Waals surface area contributed by atoms with Crippen LogP contribution < -0.4 is 0 Å². The number of hydrogen-bond acceptors (Lipinski definition) is 3. The molecule has 0 heterocycles. The third-order valence-corrected chi connectivity index (χ3v) is 2.13. The van der Waals surface area contributed by atoms with Gasteiger partial charge in [-0.05, 0) is 19.1 Å². The van der Waals surface area contributed by atoms with Gasteiger partial charge in [0.15, 0.2) is 0 Å². The van der Waals surface area contributed by atoms with Crippen molar-refractivity contribution in [1.29, 1.82) is 0 Å². The van der Waals surface area contributed by atoms with Crippen molar-refractivity contribution in [3.05, 3.63) is 35.1 Å². The number of ether oxygens (including phenoxy) is 2. The lowest BCUT2D eigenvalue weighted by Crippen LogP contribution is -2.05. The Morgan fingerprint density at radius 3 is 2.65 bits per heavy atom. The van der Waals surface area contributed by atoms with Gasteiger partial charge in [-0.2, -0.15) is 0 Å². The Balaban J connectivity index is 2.46. The van der Waals surface area contributed by atoms with Gasteiger partial charge in [-0.25, -0.2) is 9.18 Å². The molecular weight excluding hydrogens is 227 g/mol. The molecule has 0 aliphatic carbocycles. The smallest absolute Gasteiger partial charge is 0.335 e. The molecule has 5 heteroatoms. The number of benzene rings is 1. The first-order chi connectivity index (χ1) is 8.15. The zero-order valence-electron chi connectivity index (χ0n) is 9.61. The molecule has 0 bridgehead atoms. The van der Waals surface area contributed by atoms with Gasteiger partial charge in [0, 0.05) is 12.2 Å². The van der Waals surface area contributed by atoms with E-state index in [1.165, 1.54) is 12.1 Å². The Morgan fingerprint density at radius 2 is 2.06 bits per heavy atom. The van der Waals surface area contributed by atoms with Gasteiger partial charge >= 0.3 is 5.97 Å². The quantitative estimate of drug-likeness (QED) is 0.744. The first-order valence-corrected chi connectivity index (χ1v) is 5.32. The maximum Gasteiger partial charge on any atom is 0.335 e. The van der Waals surface area contributed by atoms with Crippen LogP contribution in [0.1, 0.15) is 22.8 Å². The molecule has 0 atom stereocenters. The fourth-order valence-electron chi connectivity index (χ4n) is 1.24. The topological polar surface area (TPSA) is 55.8 Å². The van der Waals surface area contributed by atoms with E-state index in [9.17, 15) is 9.18 Å². The average Bonchev–Trinajstić information content (AvgIpc) is 2.30. The summed E-state index contributed by atoms with van der Waals surface area (Å²) in [6.07, 6.45) is 0. The number of carboxylic acid groups (broad SMARTS) is 1. The Bertz CT molecular complexity index is 379. The molecule has 0 spiro atoms.